The third kappa shape index (κ3) is 68.2. The van der Waals surface area contributed by atoms with Gasteiger partial charge < -0.3 is 14.2 Å². The van der Waals surface area contributed by atoms with Gasteiger partial charge in [-0.1, -0.05) is 371 Å². The first-order valence-electron chi connectivity index (χ1n) is 36.6. The molecule has 0 saturated carbocycles. The van der Waals surface area contributed by atoms with E-state index in [1.807, 2.05) is 0 Å². The molecule has 1 unspecified atom stereocenters. The molecule has 0 radical (unpaired) electrons. The van der Waals surface area contributed by atoms with E-state index in [4.69, 9.17) is 14.2 Å². The van der Waals surface area contributed by atoms with Crippen LogP contribution in [0.2, 0.25) is 0 Å². The van der Waals surface area contributed by atoms with Crippen molar-refractivity contribution in [2.45, 2.75) is 406 Å². The van der Waals surface area contributed by atoms with Gasteiger partial charge in [-0.05, 0) is 57.8 Å². The minimum atomic E-state index is -0.766. The van der Waals surface area contributed by atoms with Gasteiger partial charge in [0.2, 0.25) is 0 Å². The Bertz CT molecular complexity index is 1410. The van der Waals surface area contributed by atoms with E-state index in [1.165, 1.54) is 276 Å². The fraction of sp³-hybridized carbons (Fsp3) is 0.855. The molecule has 0 aromatic rings. The normalized spacial score (nSPS) is 12.3. The lowest BCUT2D eigenvalue weighted by Gasteiger charge is -2.18. The van der Waals surface area contributed by atoms with Crippen molar-refractivity contribution >= 4 is 17.9 Å². The van der Waals surface area contributed by atoms with Gasteiger partial charge in [0.15, 0.2) is 6.10 Å². The predicted octanol–water partition coefficient (Wildman–Crippen LogP) is 25.3. The number of unbranched alkanes of at least 4 members (excludes halogenated alkanes) is 49. The summed E-state index contributed by atoms with van der Waals surface area (Å²) < 4.78 is 17.0. The highest BCUT2D eigenvalue weighted by molar-refractivity contribution is 5.71. The Morgan fingerprint density at radius 2 is 0.476 bits per heavy atom. The van der Waals surface area contributed by atoms with Gasteiger partial charge in [0, 0.05) is 19.3 Å². The third-order valence-corrected chi connectivity index (χ3v) is 16.6. The van der Waals surface area contributed by atoms with Crippen molar-refractivity contribution in [1.29, 1.82) is 0 Å². The first-order chi connectivity index (χ1) is 40.5. The third-order valence-electron chi connectivity index (χ3n) is 16.6. The topological polar surface area (TPSA) is 78.9 Å². The molecule has 0 fully saturated rings. The molecule has 82 heavy (non-hydrogen) atoms. The molecule has 0 aliphatic carbocycles. The smallest absolute Gasteiger partial charge is 0.306 e. The lowest BCUT2D eigenvalue weighted by molar-refractivity contribution is -0.167. The zero-order chi connectivity index (χ0) is 59.2. The van der Waals surface area contributed by atoms with Gasteiger partial charge in [-0.25, -0.2) is 0 Å². The van der Waals surface area contributed by atoms with E-state index in [1.54, 1.807) is 0 Å². The lowest BCUT2D eigenvalue weighted by Crippen LogP contribution is -2.30. The van der Waals surface area contributed by atoms with Crippen LogP contribution in [0.3, 0.4) is 0 Å². The quantitative estimate of drug-likeness (QED) is 0.0261. The maximum atomic E-state index is 12.9. The first-order valence-corrected chi connectivity index (χ1v) is 36.6. The summed E-state index contributed by atoms with van der Waals surface area (Å²) >= 11 is 0. The summed E-state index contributed by atoms with van der Waals surface area (Å²) in [6, 6.07) is 0. The molecule has 6 nitrogen and oxygen atoms in total. The zero-order valence-electron chi connectivity index (χ0n) is 55.3. The molecule has 0 saturated heterocycles. The van der Waals surface area contributed by atoms with Crippen LogP contribution in [0.4, 0.5) is 0 Å². The Balaban J connectivity index is 4.02. The molecule has 0 aliphatic rings. The highest BCUT2D eigenvalue weighted by atomic mass is 16.6. The van der Waals surface area contributed by atoms with Crippen LogP contribution in [0.15, 0.2) is 48.6 Å². The monoisotopic (exact) mass is 1150 g/mol. The second-order valence-electron chi connectivity index (χ2n) is 24.8. The molecular weight excluding hydrogens is 1010 g/mol. The molecule has 0 spiro atoms. The van der Waals surface area contributed by atoms with Crippen molar-refractivity contribution < 1.29 is 28.6 Å². The molecule has 0 aromatic carbocycles. The van der Waals surface area contributed by atoms with E-state index in [0.717, 1.165) is 83.5 Å². The first kappa shape index (κ1) is 79.4. The predicted molar refractivity (Wildman–Crippen MR) is 358 cm³/mol. The highest BCUT2D eigenvalue weighted by Gasteiger charge is 2.19. The van der Waals surface area contributed by atoms with E-state index < -0.39 is 6.10 Å². The van der Waals surface area contributed by atoms with E-state index >= 15 is 0 Å². The number of ether oxygens (including phenoxy) is 3. The van der Waals surface area contributed by atoms with Gasteiger partial charge in [0.1, 0.15) is 13.2 Å². The zero-order valence-corrected chi connectivity index (χ0v) is 55.3. The number of rotatable bonds is 68. The van der Waals surface area contributed by atoms with Crippen molar-refractivity contribution in [1.82, 2.24) is 0 Å². The summed E-state index contributed by atoms with van der Waals surface area (Å²) in [5.74, 6) is -0.834. The minimum absolute atomic E-state index is 0.0643. The van der Waals surface area contributed by atoms with Crippen LogP contribution < -0.4 is 0 Å². The van der Waals surface area contributed by atoms with Crippen molar-refractivity contribution in [2.24, 2.45) is 0 Å². The van der Waals surface area contributed by atoms with Crippen LogP contribution in [-0.2, 0) is 28.6 Å². The number of carbonyl (C=O) groups is 3. The summed E-state index contributed by atoms with van der Waals surface area (Å²) in [4.78, 5) is 38.3. The summed E-state index contributed by atoms with van der Waals surface area (Å²) in [5.41, 5.74) is 0. The van der Waals surface area contributed by atoms with Crippen LogP contribution in [0, 0.1) is 0 Å². The minimum Gasteiger partial charge on any atom is -0.462 e. The van der Waals surface area contributed by atoms with Gasteiger partial charge in [-0.3, -0.25) is 14.4 Å². The van der Waals surface area contributed by atoms with Crippen molar-refractivity contribution in [2.75, 3.05) is 13.2 Å². The Morgan fingerprint density at radius 1 is 0.256 bits per heavy atom. The molecule has 0 aliphatic heterocycles. The number of hydrogen-bond acceptors (Lipinski definition) is 6. The molecule has 0 rings (SSSR count). The molecule has 1 atom stereocenters. The average Bonchev–Trinajstić information content (AvgIpc) is 3.48. The molecule has 480 valence electrons. The van der Waals surface area contributed by atoms with Gasteiger partial charge in [-0.2, -0.15) is 0 Å². The average molecular weight is 1150 g/mol. The number of carbonyl (C=O) groups excluding carboxylic acids is 3. The van der Waals surface area contributed by atoms with Crippen LogP contribution in [0.5, 0.6) is 0 Å². The highest BCUT2D eigenvalue weighted by Crippen LogP contribution is 2.19. The summed E-state index contributed by atoms with van der Waals surface area (Å²) in [5, 5.41) is 0. The van der Waals surface area contributed by atoms with Crippen LogP contribution in [-0.4, -0.2) is 37.2 Å². The molecule has 0 N–H and O–H groups in total. The standard InChI is InChI=1S/C76H140O6/c1-4-7-10-13-16-19-22-24-26-28-30-31-32-33-34-35-36-37-38-39-40-41-42-43-44-45-47-48-50-52-54-57-60-63-66-69-75(78)81-72-73(71-80-74(77)68-65-62-59-56-21-18-15-12-9-6-3)82-76(79)70-67-64-61-58-55-53-51-49-46-29-27-25-23-20-17-14-11-8-5-2/h7,10,16,19,24,26,30-31,73H,4-6,8-9,11-15,17-18,20-23,25,27-29,32-72H2,1-3H3/b10-7-,19-16-,26-24-,31-30-. The Labute approximate surface area is 511 Å². The van der Waals surface area contributed by atoms with Gasteiger partial charge in [-0.15, -0.1) is 0 Å². The molecule has 0 heterocycles. The second-order valence-corrected chi connectivity index (χ2v) is 24.8. The maximum Gasteiger partial charge on any atom is 0.306 e. The maximum absolute atomic E-state index is 12.9. The van der Waals surface area contributed by atoms with Crippen molar-refractivity contribution in [3.8, 4) is 0 Å². The Kier molecular flexibility index (Phi) is 68.6. The van der Waals surface area contributed by atoms with E-state index in [-0.39, 0.29) is 31.1 Å². The SMILES string of the molecule is CC/C=C\C/C=C\C/C=C\C/C=C\CCCCCCCCCCCCCCCCCCCCCCCCC(=O)OCC(COC(=O)CCCCCCCCCCCC)OC(=O)CCCCCCCCCCCCCCCCCCCCC. The lowest BCUT2D eigenvalue weighted by atomic mass is 10.0. The fourth-order valence-electron chi connectivity index (χ4n) is 11.1. The molecule has 6 heteroatoms. The fourth-order valence-corrected chi connectivity index (χ4v) is 11.1. The number of esters is 3. The summed E-state index contributed by atoms with van der Waals surface area (Å²) in [6.07, 6.45) is 90.3. The van der Waals surface area contributed by atoms with Crippen LogP contribution in [0.1, 0.15) is 400 Å². The largest absolute Gasteiger partial charge is 0.462 e. The number of hydrogen-bond donors (Lipinski definition) is 0. The van der Waals surface area contributed by atoms with Gasteiger partial charge in [0.05, 0.1) is 0 Å². The summed E-state index contributed by atoms with van der Waals surface area (Å²) in [6.45, 7) is 6.59. The van der Waals surface area contributed by atoms with Gasteiger partial charge >= 0.3 is 17.9 Å². The van der Waals surface area contributed by atoms with Crippen LogP contribution >= 0.6 is 0 Å². The number of allylic oxidation sites excluding steroid dienone is 8. The van der Waals surface area contributed by atoms with Gasteiger partial charge in [0.25, 0.3) is 0 Å². The van der Waals surface area contributed by atoms with Crippen LogP contribution in [0.25, 0.3) is 0 Å². The molecule has 0 bridgehead atoms. The Hall–Kier alpha value is -2.63. The Morgan fingerprint density at radius 3 is 0.744 bits per heavy atom. The molecule has 0 aromatic heterocycles. The second kappa shape index (κ2) is 70.9. The molecule has 0 amide bonds. The van der Waals surface area contributed by atoms with E-state index in [2.05, 4.69) is 69.4 Å². The van der Waals surface area contributed by atoms with Crippen molar-refractivity contribution in [3.05, 3.63) is 48.6 Å². The van der Waals surface area contributed by atoms with Crippen molar-refractivity contribution in [3.63, 3.8) is 0 Å². The van der Waals surface area contributed by atoms with E-state index in [9.17, 15) is 14.4 Å². The summed E-state index contributed by atoms with van der Waals surface area (Å²) in [7, 11) is 0. The molecular formula is C76H140O6. The van der Waals surface area contributed by atoms with E-state index in [0.29, 0.717) is 19.3 Å².